The molecule has 112 valence electrons. The molecule has 2 N–H and O–H groups in total. The number of hydrogen-bond acceptors (Lipinski definition) is 2. The van der Waals surface area contributed by atoms with Gasteiger partial charge in [0.05, 0.1) is 6.54 Å². The van der Waals surface area contributed by atoms with Crippen LogP contribution < -0.4 is 10.6 Å². The van der Waals surface area contributed by atoms with Crippen molar-refractivity contribution in [3.63, 3.8) is 0 Å². The summed E-state index contributed by atoms with van der Waals surface area (Å²) in [7, 11) is 0. The van der Waals surface area contributed by atoms with E-state index in [-0.39, 0.29) is 11.4 Å². The molecule has 0 aromatic rings. The smallest absolute Gasteiger partial charge is 0.234 e. The van der Waals surface area contributed by atoms with Crippen LogP contribution in [0.4, 0.5) is 0 Å². The second-order valence-electron chi connectivity index (χ2n) is 8.04. The molecule has 1 amide bonds. The number of nitrogens with one attached hydrogen (secondary N) is 2. The molecule has 0 aliphatic heterocycles. The third kappa shape index (κ3) is 5.94. The maximum Gasteiger partial charge on any atom is 0.234 e. The Morgan fingerprint density at radius 2 is 1.63 bits per heavy atom. The van der Waals surface area contributed by atoms with E-state index in [9.17, 15) is 4.79 Å². The minimum atomic E-state index is -0.144. The highest BCUT2D eigenvalue weighted by molar-refractivity contribution is 5.78. The van der Waals surface area contributed by atoms with Crippen molar-refractivity contribution in [3.05, 3.63) is 0 Å². The summed E-state index contributed by atoms with van der Waals surface area (Å²) in [6.45, 7) is 13.4. The Morgan fingerprint density at radius 1 is 1.05 bits per heavy atom. The lowest BCUT2D eigenvalue weighted by molar-refractivity contribution is -0.121. The molecule has 0 aromatic carbocycles. The van der Waals surface area contributed by atoms with Crippen LogP contribution >= 0.6 is 0 Å². The Hall–Kier alpha value is -0.570. The van der Waals surface area contributed by atoms with Crippen LogP contribution in [0.2, 0.25) is 0 Å². The van der Waals surface area contributed by atoms with Crippen LogP contribution in [0.3, 0.4) is 0 Å². The van der Waals surface area contributed by atoms with Gasteiger partial charge in [-0.05, 0) is 44.9 Å². The van der Waals surface area contributed by atoms with Crippen molar-refractivity contribution in [2.24, 2.45) is 11.3 Å². The van der Waals surface area contributed by atoms with Crippen LogP contribution in [0, 0.1) is 11.3 Å². The molecule has 2 atom stereocenters. The molecule has 1 saturated carbocycles. The minimum Gasteiger partial charge on any atom is -0.350 e. The predicted octanol–water partition coefficient (Wildman–Crippen LogP) is 3.10. The van der Waals surface area contributed by atoms with Crippen molar-refractivity contribution in [1.29, 1.82) is 0 Å². The molecular weight excluding hydrogens is 236 g/mol. The molecule has 0 bridgehead atoms. The van der Waals surface area contributed by atoms with Gasteiger partial charge in [0.1, 0.15) is 0 Å². The lowest BCUT2D eigenvalue weighted by Crippen LogP contribution is -2.50. The molecule has 0 spiro atoms. The molecule has 3 nitrogen and oxygen atoms in total. The zero-order valence-electron chi connectivity index (χ0n) is 13.6. The fourth-order valence-corrected chi connectivity index (χ4v) is 3.10. The predicted molar refractivity (Wildman–Crippen MR) is 81.1 cm³/mol. The van der Waals surface area contributed by atoms with Gasteiger partial charge in [-0.2, -0.15) is 0 Å². The summed E-state index contributed by atoms with van der Waals surface area (Å²) >= 11 is 0. The Balaban J connectivity index is 2.48. The van der Waals surface area contributed by atoms with Crippen LogP contribution in [-0.2, 0) is 4.79 Å². The Labute approximate surface area is 118 Å². The van der Waals surface area contributed by atoms with Gasteiger partial charge in [-0.15, -0.1) is 0 Å². The highest BCUT2D eigenvalue weighted by Gasteiger charge is 2.34. The van der Waals surface area contributed by atoms with Crippen LogP contribution in [-0.4, -0.2) is 24.0 Å². The largest absolute Gasteiger partial charge is 0.350 e. The first-order valence-electron chi connectivity index (χ1n) is 7.64. The Morgan fingerprint density at radius 3 is 2.16 bits per heavy atom. The van der Waals surface area contributed by atoms with Gasteiger partial charge in [-0.3, -0.25) is 4.79 Å². The van der Waals surface area contributed by atoms with Gasteiger partial charge in [0.15, 0.2) is 0 Å². The fraction of sp³-hybridized carbons (Fsp3) is 0.938. The van der Waals surface area contributed by atoms with Gasteiger partial charge < -0.3 is 10.6 Å². The second-order valence-corrected chi connectivity index (χ2v) is 8.04. The number of carbonyl (C=O) groups excluding carboxylic acids is 1. The first kappa shape index (κ1) is 16.5. The molecule has 1 aliphatic rings. The quantitative estimate of drug-likeness (QED) is 0.826. The van der Waals surface area contributed by atoms with Gasteiger partial charge in [-0.1, -0.05) is 33.6 Å². The van der Waals surface area contributed by atoms with E-state index in [1.165, 1.54) is 25.7 Å². The highest BCUT2D eigenvalue weighted by Crippen LogP contribution is 2.37. The maximum absolute atomic E-state index is 11.9. The minimum absolute atomic E-state index is 0.103. The van der Waals surface area contributed by atoms with E-state index in [4.69, 9.17) is 0 Å². The Kier molecular flexibility index (Phi) is 5.43. The summed E-state index contributed by atoms with van der Waals surface area (Å²) in [4.78, 5) is 11.9. The number of hydrogen-bond donors (Lipinski definition) is 2. The summed E-state index contributed by atoms with van der Waals surface area (Å²) in [5.74, 6) is 0.773. The lowest BCUT2D eigenvalue weighted by Gasteiger charge is -2.41. The van der Waals surface area contributed by atoms with Crippen LogP contribution in [0.5, 0.6) is 0 Å². The van der Waals surface area contributed by atoms with Crippen molar-refractivity contribution in [3.8, 4) is 0 Å². The lowest BCUT2D eigenvalue weighted by atomic mass is 9.69. The molecule has 0 aromatic heterocycles. The van der Waals surface area contributed by atoms with Crippen molar-refractivity contribution in [2.75, 3.05) is 6.54 Å². The van der Waals surface area contributed by atoms with Crippen molar-refractivity contribution in [2.45, 2.75) is 78.8 Å². The molecule has 1 aliphatic carbocycles. The van der Waals surface area contributed by atoms with Gasteiger partial charge in [0.2, 0.25) is 5.91 Å². The molecule has 19 heavy (non-hydrogen) atoms. The van der Waals surface area contributed by atoms with E-state index in [2.05, 4.69) is 31.4 Å². The number of rotatable bonds is 3. The van der Waals surface area contributed by atoms with Gasteiger partial charge in [0, 0.05) is 11.6 Å². The standard InChI is InChI=1S/C16H32N2O/c1-15(2,3)12-9-7-8-10-13(12)17-11-14(19)18-16(4,5)6/h12-13,17H,7-11H2,1-6H3,(H,18,19). The van der Waals surface area contributed by atoms with Gasteiger partial charge in [-0.25, -0.2) is 0 Å². The molecular formula is C16H32N2O. The average Bonchev–Trinajstić information content (AvgIpc) is 2.23. The molecule has 3 heteroatoms. The van der Waals surface area contributed by atoms with Crippen LogP contribution in [0.1, 0.15) is 67.2 Å². The highest BCUT2D eigenvalue weighted by atomic mass is 16.2. The third-order valence-electron chi connectivity index (χ3n) is 3.92. The first-order chi connectivity index (χ1) is 8.59. The van der Waals surface area contributed by atoms with Gasteiger partial charge >= 0.3 is 0 Å². The summed E-state index contributed by atoms with van der Waals surface area (Å²) in [6.07, 6.45) is 5.09. The summed E-state index contributed by atoms with van der Waals surface area (Å²) in [6, 6.07) is 0.486. The molecule has 0 radical (unpaired) electrons. The van der Waals surface area contributed by atoms with Gasteiger partial charge in [0.25, 0.3) is 0 Å². The third-order valence-corrected chi connectivity index (χ3v) is 3.92. The van der Waals surface area contributed by atoms with E-state index >= 15 is 0 Å². The summed E-state index contributed by atoms with van der Waals surface area (Å²) < 4.78 is 0. The summed E-state index contributed by atoms with van der Waals surface area (Å²) in [5.41, 5.74) is 0.174. The molecule has 0 heterocycles. The van der Waals surface area contributed by atoms with E-state index in [0.717, 1.165) is 0 Å². The maximum atomic E-state index is 11.9. The summed E-state index contributed by atoms with van der Waals surface area (Å²) in [5, 5.41) is 6.50. The van der Waals surface area contributed by atoms with Crippen LogP contribution in [0.15, 0.2) is 0 Å². The molecule has 1 fully saturated rings. The van der Waals surface area contributed by atoms with Crippen LogP contribution in [0.25, 0.3) is 0 Å². The molecule has 2 unspecified atom stereocenters. The van der Waals surface area contributed by atoms with E-state index in [1.807, 2.05) is 20.8 Å². The Bertz CT molecular complexity index is 299. The van der Waals surface area contributed by atoms with E-state index < -0.39 is 0 Å². The first-order valence-corrected chi connectivity index (χ1v) is 7.64. The zero-order chi connectivity index (χ0) is 14.7. The average molecular weight is 268 g/mol. The van der Waals surface area contributed by atoms with Crippen molar-refractivity contribution >= 4 is 5.91 Å². The van der Waals surface area contributed by atoms with Crippen molar-refractivity contribution < 1.29 is 4.79 Å². The number of carbonyl (C=O) groups is 1. The normalized spacial score (nSPS) is 25.2. The SMILES string of the molecule is CC(C)(C)NC(=O)CNC1CCCCC1C(C)(C)C. The van der Waals surface area contributed by atoms with E-state index in [0.29, 0.717) is 23.9 Å². The molecule has 1 rings (SSSR count). The van der Waals surface area contributed by atoms with E-state index in [1.54, 1.807) is 0 Å². The zero-order valence-corrected chi connectivity index (χ0v) is 13.6. The topological polar surface area (TPSA) is 41.1 Å². The second kappa shape index (κ2) is 6.25. The monoisotopic (exact) mass is 268 g/mol. The molecule has 0 saturated heterocycles. The fourth-order valence-electron chi connectivity index (χ4n) is 3.10. The van der Waals surface area contributed by atoms with Crippen molar-refractivity contribution in [1.82, 2.24) is 10.6 Å². The number of amides is 1.